The SMILES string of the molecule is O=C(O)C(Cc1ccccc1)Oc1cc(Cl)cc(Cl)c1. The molecule has 2 rings (SSSR count). The zero-order valence-corrected chi connectivity index (χ0v) is 11.9. The lowest BCUT2D eigenvalue weighted by Gasteiger charge is -2.15. The minimum atomic E-state index is -1.04. The lowest BCUT2D eigenvalue weighted by atomic mass is 10.1. The quantitative estimate of drug-likeness (QED) is 0.905. The van der Waals surface area contributed by atoms with E-state index in [0.29, 0.717) is 15.8 Å². The largest absolute Gasteiger partial charge is 0.478 e. The molecule has 1 N–H and O–H groups in total. The summed E-state index contributed by atoms with van der Waals surface area (Å²) in [5.74, 6) is -0.698. The molecule has 2 aromatic carbocycles. The Morgan fingerprint density at radius 2 is 1.70 bits per heavy atom. The van der Waals surface area contributed by atoms with Gasteiger partial charge in [0.25, 0.3) is 0 Å². The zero-order valence-electron chi connectivity index (χ0n) is 10.4. The van der Waals surface area contributed by atoms with Crippen LogP contribution >= 0.6 is 23.2 Å². The third kappa shape index (κ3) is 4.15. The molecule has 104 valence electrons. The molecule has 0 fully saturated rings. The van der Waals surface area contributed by atoms with Crippen molar-refractivity contribution in [3.8, 4) is 5.75 Å². The standard InChI is InChI=1S/C15H12Cl2O3/c16-11-7-12(17)9-13(8-11)20-14(15(18)19)6-10-4-2-1-3-5-10/h1-5,7-9,14H,6H2,(H,18,19). The summed E-state index contributed by atoms with van der Waals surface area (Å²) in [6.07, 6.45) is -0.729. The van der Waals surface area contributed by atoms with Crippen molar-refractivity contribution in [2.24, 2.45) is 0 Å². The Labute approximate surface area is 126 Å². The van der Waals surface area contributed by atoms with Gasteiger partial charge in [-0.1, -0.05) is 53.5 Å². The minimum absolute atomic E-state index is 0.264. The van der Waals surface area contributed by atoms with Crippen molar-refractivity contribution in [3.05, 3.63) is 64.1 Å². The van der Waals surface area contributed by atoms with Gasteiger partial charge in [0.2, 0.25) is 0 Å². The predicted molar refractivity (Wildman–Crippen MR) is 78.7 cm³/mol. The monoisotopic (exact) mass is 310 g/mol. The highest BCUT2D eigenvalue weighted by atomic mass is 35.5. The molecule has 0 aliphatic rings. The first-order chi connectivity index (χ1) is 9.54. The number of hydrogen-bond donors (Lipinski definition) is 1. The molecule has 0 heterocycles. The topological polar surface area (TPSA) is 46.5 Å². The molecule has 0 radical (unpaired) electrons. The summed E-state index contributed by atoms with van der Waals surface area (Å²) in [6, 6.07) is 13.9. The maximum Gasteiger partial charge on any atom is 0.345 e. The molecular weight excluding hydrogens is 299 g/mol. The van der Waals surface area contributed by atoms with Crippen molar-refractivity contribution in [1.29, 1.82) is 0 Å². The molecule has 3 nitrogen and oxygen atoms in total. The van der Waals surface area contributed by atoms with Crippen LogP contribution in [0, 0.1) is 0 Å². The molecule has 0 saturated carbocycles. The highest BCUT2D eigenvalue weighted by molar-refractivity contribution is 6.34. The van der Waals surface area contributed by atoms with Gasteiger partial charge in [0.1, 0.15) is 5.75 Å². The van der Waals surface area contributed by atoms with Crippen molar-refractivity contribution in [3.63, 3.8) is 0 Å². The van der Waals surface area contributed by atoms with E-state index >= 15 is 0 Å². The van der Waals surface area contributed by atoms with Gasteiger partial charge in [0, 0.05) is 16.5 Å². The number of benzene rings is 2. The van der Waals surface area contributed by atoms with Crippen LogP contribution in [0.3, 0.4) is 0 Å². The van der Waals surface area contributed by atoms with E-state index in [2.05, 4.69) is 0 Å². The molecule has 0 bridgehead atoms. The molecule has 1 unspecified atom stereocenters. The Kier molecular flexibility index (Phi) is 4.88. The first-order valence-electron chi connectivity index (χ1n) is 5.94. The number of carboxylic acid groups (broad SMARTS) is 1. The van der Waals surface area contributed by atoms with E-state index in [1.807, 2.05) is 30.3 Å². The van der Waals surface area contributed by atoms with Gasteiger partial charge < -0.3 is 9.84 Å². The van der Waals surface area contributed by atoms with Gasteiger partial charge >= 0.3 is 5.97 Å². The third-order valence-electron chi connectivity index (χ3n) is 2.65. The Morgan fingerprint density at radius 1 is 1.10 bits per heavy atom. The Hall–Kier alpha value is -1.71. The van der Waals surface area contributed by atoms with Crippen LogP contribution in [0.15, 0.2) is 48.5 Å². The summed E-state index contributed by atoms with van der Waals surface area (Å²) in [6.45, 7) is 0. The average Bonchev–Trinajstić information content (AvgIpc) is 2.38. The van der Waals surface area contributed by atoms with Gasteiger partial charge in [0.05, 0.1) is 0 Å². The number of aliphatic carboxylic acids is 1. The highest BCUT2D eigenvalue weighted by Crippen LogP contribution is 2.25. The number of carbonyl (C=O) groups is 1. The molecule has 20 heavy (non-hydrogen) atoms. The maximum absolute atomic E-state index is 11.3. The number of hydrogen-bond acceptors (Lipinski definition) is 2. The summed E-state index contributed by atoms with van der Waals surface area (Å²) < 4.78 is 5.47. The normalized spacial score (nSPS) is 11.9. The fourth-order valence-electron chi connectivity index (χ4n) is 1.77. The van der Waals surface area contributed by atoms with Crippen LogP contribution in [0.1, 0.15) is 5.56 Å². The van der Waals surface area contributed by atoms with E-state index in [1.54, 1.807) is 6.07 Å². The number of rotatable bonds is 5. The Morgan fingerprint density at radius 3 is 2.25 bits per heavy atom. The van der Waals surface area contributed by atoms with E-state index < -0.39 is 12.1 Å². The minimum Gasteiger partial charge on any atom is -0.478 e. The summed E-state index contributed by atoms with van der Waals surface area (Å²) in [5.41, 5.74) is 0.882. The summed E-state index contributed by atoms with van der Waals surface area (Å²) in [5, 5.41) is 10.0. The summed E-state index contributed by atoms with van der Waals surface area (Å²) >= 11 is 11.7. The van der Waals surface area contributed by atoms with Gasteiger partial charge in [-0.15, -0.1) is 0 Å². The lowest BCUT2D eigenvalue weighted by Crippen LogP contribution is -2.29. The number of ether oxygens (including phenoxy) is 1. The number of halogens is 2. The first kappa shape index (κ1) is 14.7. The Bertz CT molecular complexity index is 579. The van der Waals surface area contributed by atoms with E-state index in [0.717, 1.165) is 5.56 Å². The smallest absolute Gasteiger partial charge is 0.345 e. The molecule has 0 aliphatic heterocycles. The molecular formula is C15H12Cl2O3. The second-order valence-corrected chi connectivity index (χ2v) is 5.11. The Balaban J connectivity index is 2.15. The van der Waals surface area contributed by atoms with Gasteiger partial charge in [-0.2, -0.15) is 0 Å². The van der Waals surface area contributed by atoms with Crippen LogP contribution in [0.25, 0.3) is 0 Å². The van der Waals surface area contributed by atoms with Crippen molar-refractivity contribution < 1.29 is 14.6 Å². The van der Waals surface area contributed by atoms with Gasteiger partial charge in [-0.25, -0.2) is 4.79 Å². The van der Waals surface area contributed by atoms with Crippen LogP contribution < -0.4 is 4.74 Å². The number of carboxylic acids is 1. The first-order valence-corrected chi connectivity index (χ1v) is 6.69. The predicted octanol–water partition coefficient (Wildman–Crippen LogP) is 4.07. The fraction of sp³-hybridized carbons (Fsp3) is 0.133. The molecule has 2 aromatic rings. The van der Waals surface area contributed by atoms with E-state index in [4.69, 9.17) is 27.9 Å². The van der Waals surface area contributed by atoms with E-state index in [9.17, 15) is 9.90 Å². The second kappa shape index (κ2) is 6.64. The van der Waals surface area contributed by atoms with Crippen molar-refractivity contribution in [2.75, 3.05) is 0 Å². The molecule has 1 atom stereocenters. The molecule has 0 aliphatic carbocycles. The molecule has 5 heteroatoms. The highest BCUT2D eigenvalue weighted by Gasteiger charge is 2.20. The maximum atomic E-state index is 11.3. The van der Waals surface area contributed by atoms with E-state index in [-0.39, 0.29) is 6.42 Å². The fourth-order valence-corrected chi connectivity index (χ4v) is 2.27. The molecule has 0 aromatic heterocycles. The molecule has 0 saturated heterocycles. The van der Waals surface area contributed by atoms with Crippen LogP contribution in [-0.4, -0.2) is 17.2 Å². The van der Waals surface area contributed by atoms with Crippen molar-refractivity contribution in [2.45, 2.75) is 12.5 Å². The average molecular weight is 311 g/mol. The molecule has 0 spiro atoms. The van der Waals surface area contributed by atoms with Gasteiger partial charge in [0.15, 0.2) is 6.10 Å². The van der Waals surface area contributed by atoms with Gasteiger partial charge in [-0.05, 0) is 23.8 Å². The van der Waals surface area contributed by atoms with Crippen LogP contribution in [0.5, 0.6) is 5.75 Å². The summed E-state index contributed by atoms with van der Waals surface area (Å²) in [4.78, 5) is 11.3. The summed E-state index contributed by atoms with van der Waals surface area (Å²) in [7, 11) is 0. The van der Waals surface area contributed by atoms with Crippen LogP contribution in [-0.2, 0) is 11.2 Å². The van der Waals surface area contributed by atoms with E-state index in [1.165, 1.54) is 12.1 Å². The third-order valence-corrected chi connectivity index (χ3v) is 3.09. The van der Waals surface area contributed by atoms with Crippen LogP contribution in [0.4, 0.5) is 0 Å². The lowest BCUT2D eigenvalue weighted by molar-refractivity contribution is -0.145. The second-order valence-electron chi connectivity index (χ2n) is 4.24. The van der Waals surface area contributed by atoms with Crippen molar-refractivity contribution >= 4 is 29.2 Å². The van der Waals surface area contributed by atoms with Crippen molar-refractivity contribution in [1.82, 2.24) is 0 Å². The van der Waals surface area contributed by atoms with Gasteiger partial charge in [-0.3, -0.25) is 0 Å². The van der Waals surface area contributed by atoms with Crippen LogP contribution in [0.2, 0.25) is 10.0 Å². The zero-order chi connectivity index (χ0) is 14.5. The molecule has 0 amide bonds.